The molecule has 0 aliphatic carbocycles. The summed E-state index contributed by atoms with van der Waals surface area (Å²) in [7, 11) is 3.12. The summed E-state index contributed by atoms with van der Waals surface area (Å²) in [5.74, 6) is 2.22. The van der Waals surface area contributed by atoms with Crippen LogP contribution < -0.4 is 19.7 Å². The van der Waals surface area contributed by atoms with Crippen molar-refractivity contribution in [3.63, 3.8) is 0 Å². The minimum atomic E-state index is 0.372. The van der Waals surface area contributed by atoms with Gasteiger partial charge in [0.15, 0.2) is 5.82 Å². The maximum atomic E-state index is 6.10. The van der Waals surface area contributed by atoms with Crippen LogP contribution in [0, 0.1) is 0 Å². The SMILES string of the molecule is CCN(CC)c1cnnc(Nc2cc(OC)c(Cl)cc2OC)n1. The zero-order chi connectivity index (χ0) is 16.8. The second-order valence-corrected chi connectivity index (χ2v) is 5.03. The molecule has 0 unspecified atom stereocenters. The van der Waals surface area contributed by atoms with Crippen molar-refractivity contribution < 1.29 is 9.47 Å². The van der Waals surface area contributed by atoms with Gasteiger partial charge in [-0.3, -0.25) is 0 Å². The van der Waals surface area contributed by atoms with Crippen LogP contribution >= 0.6 is 11.6 Å². The zero-order valence-electron chi connectivity index (χ0n) is 13.6. The molecule has 0 radical (unpaired) electrons. The summed E-state index contributed by atoms with van der Waals surface area (Å²) in [4.78, 5) is 6.56. The quantitative estimate of drug-likeness (QED) is 0.832. The summed E-state index contributed by atoms with van der Waals surface area (Å²) in [6.45, 7) is 5.80. The number of methoxy groups -OCH3 is 2. The lowest BCUT2D eigenvalue weighted by atomic mass is 10.2. The molecule has 2 aromatic rings. The minimum absolute atomic E-state index is 0.372. The highest BCUT2D eigenvalue weighted by atomic mass is 35.5. The van der Waals surface area contributed by atoms with Crippen LogP contribution in [-0.2, 0) is 0 Å². The summed E-state index contributed by atoms with van der Waals surface area (Å²) in [5.41, 5.74) is 0.646. The van der Waals surface area contributed by atoms with E-state index in [9.17, 15) is 0 Å². The number of ether oxygens (including phenoxy) is 2. The molecule has 1 heterocycles. The Bertz CT molecular complexity index is 664. The molecule has 2 rings (SSSR count). The molecule has 8 heteroatoms. The molecular weight excluding hydrogens is 318 g/mol. The van der Waals surface area contributed by atoms with Gasteiger partial charge in [-0.2, -0.15) is 10.1 Å². The molecule has 0 spiro atoms. The van der Waals surface area contributed by atoms with Gasteiger partial charge in [-0.15, -0.1) is 5.10 Å². The first kappa shape index (κ1) is 17.1. The predicted octanol–water partition coefficient (Wildman–Crippen LogP) is 3.13. The van der Waals surface area contributed by atoms with Gasteiger partial charge in [0.1, 0.15) is 11.5 Å². The molecule has 1 aromatic heterocycles. The van der Waals surface area contributed by atoms with Crippen molar-refractivity contribution in [3.8, 4) is 11.5 Å². The lowest BCUT2D eigenvalue weighted by molar-refractivity contribution is 0.405. The maximum Gasteiger partial charge on any atom is 0.249 e. The van der Waals surface area contributed by atoms with Crippen LogP contribution in [0.25, 0.3) is 0 Å². The van der Waals surface area contributed by atoms with Gasteiger partial charge in [0.25, 0.3) is 0 Å². The van der Waals surface area contributed by atoms with Crippen LogP contribution in [0.3, 0.4) is 0 Å². The fourth-order valence-corrected chi connectivity index (χ4v) is 2.36. The van der Waals surface area contributed by atoms with E-state index in [0.717, 1.165) is 18.9 Å². The van der Waals surface area contributed by atoms with Crippen molar-refractivity contribution >= 4 is 29.1 Å². The Hall–Kier alpha value is -2.28. The highest BCUT2D eigenvalue weighted by Gasteiger charge is 2.12. The van der Waals surface area contributed by atoms with Crippen LogP contribution in [0.5, 0.6) is 11.5 Å². The maximum absolute atomic E-state index is 6.10. The third-order valence-electron chi connectivity index (χ3n) is 3.35. The molecule has 0 aliphatic heterocycles. The fraction of sp³-hybridized carbons (Fsp3) is 0.400. The topological polar surface area (TPSA) is 72.4 Å². The van der Waals surface area contributed by atoms with Crippen molar-refractivity contribution in [2.24, 2.45) is 0 Å². The monoisotopic (exact) mass is 337 g/mol. The largest absolute Gasteiger partial charge is 0.495 e. The Morgan fingerprint density at radius 2 is 1.83 bits per heavy atom. The van der Waals surface area contributed by atoms with Gasteiger partial charge in [0.05, 0.1) is 31.1 Å². The number of nitrogens with zero attached hydrogens (tertiary/aromatic N) is 4. The smallest absolute Gasteiger partial charge is 0.249 e. The van der Waals surface area contributed by atoms with E-state index in [0.29, 0.717) is 28.2 Å². The van der Waals surface area contributed by atoms with E-state index in [1.54, 1.807) is 32.5 Å². The predicted molar refractivity (Wildman–Crippen MR) is 91.2 cm³/mol. The van der Waals surface area contributed by atoms with Crippen molar-refractivity contribution in [2.75, 3.05) is 37.5 Å². The lowest BCUT2D eigenvalue weighted by Gasteiger charge is -2.19. The fourth-order valence-electron chi connectivity index (χ4n) is 2.13. The van der Waals surface area contributed by atoms with Crippen LogP contribution in [-0.4, -0.2) is 42.5 Å². The Morgan fingerprint density at radius 1 is 1.13 bits per heavy atom. The van der Waals surface area contributed by atoms with E-state index in [1.807, 2.05) is 0 Å². The highest BCUT2D eigenvalue weighted by molar-refractivity contribution is 6.32. The average molecular weight is 338 g/mol. The Labute approximate surface area is 140 Å². The van der Waals surface area contributed by atoms with E-state index in [4.69, 9.17) is 21.1 Å². The molecule has 0 fully saturated rings. The number of rotatable bonds is 7. The van der Waals surface area contributed by atoms with E-state index >= 15 is 0 Å². The third-order valence-corrected chi connectivity index (χ3v) is 3.65. The van der Waals surface area contributed by atoms with Crippen molar-refractivity contribution in [3.05, 3.63) is 23.4 Å². The highest BCUT2D eigenvalue weighted by Crippen LogP contribution is 2.36. The second-order valence-electron chi connectivity index (χ2n) is 4.62. The molecular formula is C15H20ClN5O2. The standard InChI is InChI=1S/C15H20ClN5O2/c1-5-21(6-2)14-9-17-20-15(19-14)18-11-8-12(22-3)10(16)7-13(11)23-4/h7-9H,5-6H2,1-4H3,(H,18,19,20). The molecule has 0 atom stereocenters. The van der Waals surface area contributed by atoms with E-state index < -0.39 is 0 Å². The van der Waals surface area contributed by atoms with E-state index in [-0.39, 0.29) is 0 Å². The number of hydrogen-bond acceptors (Lipinski definition) is 7. The molecule has 7 nitrogen and oxygen atoms in total. The summed E-state index contributed by atoms with van der Waals surface area (Å²) in [5, 5.41) is 11.6. The van der Waals surface area contributed by atoms with Crippen LogP contribution in [0.2, 0.25) is 5.02 Å². The number of anilines is 3. The van der Waals surface area contributed by atoms with Crippen molar-refractivity contribution in [2.45, 2.75) is 13.8 Å². The van der Waals surface area contributed by atoms with Gasteiger partial charge in [-0.25, -0.2) is 0 Å². The Morgan fingerprint density at radius 3 is 2.43 bits per heavy atom. The van der Waals surface area contributed by atoms with Gasteiger partial charge < -0.3 is 19.7 Å². The van der Waals surface area contributed by atoms with E-state index in [2.05, 4.69) is 39.2 Å². The van der Waals surface area contributed by atoms with Crippen molar-refractivity contribution in [1.82, 2.24) is 15.2 Å². The third kappa shape index (κ3) is 3.92. The van der Waals surface area contributed by atoms with Crippen LogP contribution in [0.4, 0.5) is 17.5 Å². The summed E-state index contributed by atoms with van der Waals surface area (Å²) in [6, 6.07) is 3.40. The molecule has 1 N–H and O–H groups in total. The molecule has 0 saturated carbocycles. The minimum Gasteiger partial charge on any atom is -0.495 e. The molecule has 124 valence electrons. The van der Waals surface area contributed by atoms with Gasteiger partial charge in [0, 0.05) is 25.2 Å². The number of nitrogens with one attached hydrogen (secondary N) is 1. The average Bonchev–Trinajstić information content (AvgIpc) is 2.57. The molecule has 1 aromatic carbocycles. The number of halogens is 1. The first-order valence-electron chi connectivity index (χ1n) is 7.26. The summed E-state index contributed by atoms with van der Waals surface area (Å²) < 4.78 is 10.6. The molecule has 0 saturated heterocycles. The second kappa shape index (κ2) is 7.82. The first-order chi connectivity index (χ1) is 11.1. The lowest BCUT2D eigenvalue weighted by Crippen LogP contribution is -2.23. The Balaban J connectivity index is 2.33. The first-order valence-corrected chi connectivity index (χ1v) is 7.63. The van der Waals surface area contributed by atoms with Crippen molar-refractivity contribution in [1.29, 1.82) is 0 Å². The molecule has 0 aliphatic rings. The van der Waals surface area contributed by atoms with Crippen LogP contribution in [0.1, 0.15) is 13.8 Å². The summed E-state index contributed by atoms with van der Waals surface area (Å²) >= 11 is 6.10. The summed E-state index contributed by atoms with van der Waals surface area (Å²) in [6.07, 6.45) is 1.64. The zero-order valence-corrected chi connectivity index (χ0v) is 14.4. The van der Waals surface area contributed by atoms with Gasteiger partial charge in [0.2, 0.25) is 5.95 Å². The number of benzene rings is 1. The molecule has 0 amide bonds. The molecule has 0 bridgehead atoms. The van der Waals surface area contributed by atoms with E-state index in [1.165, 1.54) is 0 Å². The molecule has 23 heavy (non-hydrogen) atoms. The number of hydrogen-bond donors (Lipinski definition) is 1. The Kier molecular flexibility index (Phi) is 5.81. The van der Waals surface area contributed by atoms with Gasteiger partial charge in [-0.05, 0) is 13.8 Å². The van der Waals surface area contributed by atoms with Crippen LogP contribution in [0.15, 0.2) is 18.3 Å². The van der Waals surface area contributed by atoms with Gasteiger partial charge >= 0.3 is 0 Å². The number of aromatic nitrogens is 3. The normalized spacial score (nSPS) is 10.3. The van der Waals surface area contributed by atoms with Gasteiger partial charge in [-0.1, -0.05) is 11.6 Å².